The molecule has 9 heteroatoms. The molecule has 0 aliphatic heterocycles. The third-order valence-electron chi connectivity index (χ3n) is 8.16. The van der Waals surface area contributed by atoms with E-state index in [1.54, 1.807) is 32.0 Å². The van der Waals surface area contributed by atoms with Crippen LogP contribution in [0.5, 0.6) is 11.5 Å². The second kappa shape index (κ2) is 10.0. The fourth-order valence-electron chi connectivity index (χ4n) is 5.94. The van der Waals surface area contributed by atoms with Gasteiger partial charge in [-0.05, 0) is 56.6 Å². The monoisotopic (exact) mass is 528 g/mol. The van der Waals surface area contributed by atoms with Gasteiger partial charge in [-0.25, -0.2) is 8.42 Å². The second-order valence-electron chi connectivity index (χ2n) is 10.5. The van der Waals surface area contributed by atoms with Crippen LogP contribution in [0.1, 0.15) is 62.9 Å². The van der Waals surface area contributed by atoms with Crippen LogP contribution >= 0.6 is 0 Å². The Morgan fingerprint density at radius 1 is 1.05 bits per heavy atom. The molecule has 2 unspecified atom stereocenters. The highest BCUT2D eigenvalue weighted by Crippen LogP contribution is 2.64. The topological polar surface area (TPSA) is 111 Å². The number of hydrogen-bond donors (Lipinski definition) is 2. The van der Waals surface area contributed by atoms with Crippen LogP contribution in [0.4, 0.5) is 11.4 Å². The number of fused-ring (bicyclic) bond motifs is 2. The Balaban J connectivity index is 1.66. The van der Waals surface area contributed by atoms with E-state index in [1.165, 1.54) is 6.07 Å². The van der Waals surface area contributed by atoms with E-state index in [0.717, 1.165) is 12.0 Å². The summed E-state index contributed by atoms with van der Waals surface area (Å²) in [7, 11) is -3.92. The lowest BCUT2D eigenvalue weighted by molar-refractivity contribution is -0.128. The predicted molar refractivity (Wildman–Crippen MR) is 144 cm³/mol. The quantitative estimate of drug-likeness (QED) is 0.440. The zero-order valence-corrected chi connectivity index (χ0v) is 23.0. The minimum Gasteiger partial charge on any atom is -0.492 e. The number of hydrogen-bond acceptors (Lipinski definition) is 6. The molecule has 1 amide bonds. The highest BCUT2D eigenvalue weighted by atomic mass is 32.2. The summed E-state index contributed by atoms with van der Waals surface area (Å²) in [6.07, 6.45) is 1.88. The fourth-order valence-corrected chi connectivity index (χ4v) is 7.83. The van der Waals surface area contributed by atoms with Crippen LogP contribution in [0.3, 0.4) is 0 Å². The third kappa shape index (κ3) is 4.93. The van der Waals surface area contributed by atoms with Gasteiger partial charge in [0.2, 0.25) is 10.0 Å². The van der Waals surface area contributed by atoms with Gasteiger partial charge < -0.3 is 14.8 Å². The maximum atomic E-state index is 13.5. The smallest absolute Gasteiger partial charge is 0.256 e. The van der Waals surface area contributed by atoms with Crippen LogP contribution in [-0.2, 0) is 14.8 Å². The number of Topliss-reactive ketones (excluding diaryl/α,β-unsaturated/α-hetero) is 1. The van der Waals surface area contributed by atoms with Crippen molar-refractivity contribution >= 4 is 33.1 Å². The van der Waals surface area contributed by atoms with E-state index in [1.807, 2.05) is 32.9 Å². The number of aryl methyl sites for hydroxylation is 1. The number of ether oxygens (including phenoxy) is 2. The standard InChI is InChI=1S/C28H36N2O6S/c1-6-35-23-16-22(30-37(33,34)17-28-13-12-19(14-25(28)31)27(28,4)5)24(36-7-2)15-21(23)29-26(32)20-11-9-8-10-18(20)3/h8-11,15-16,19,30H,6-7,12-14,17H2,1-5H3,(H,29,32). The van der Waals surface area contributed by atoms with E-state index < -0.39 is 15.4 Å². The molecule has 2 atom stereocenters. The Kier molecular flexibility index (Phi) is 7.29. The van der Waals surface area contributed by atoms with Gasteiger partial charge in [0.25, 0.3) is 5.91 Å². The number of carbonyl (C=O) groups excluding carboxylic acids is 2. The van der Waals surface area contributed by atoms with Crippen LogP contribution < -0.4 is 19.5 Å². The zero-order chi connectivity index (χ0) is 27.0. The molecule has 2 aliphatic rings. The van der Waals surface area contributed by atoms with Crippen LogP contribution in [0.15, 0.2) is 36.4 Å². The summed E-state index contributed by atoms with van der Waals surface area (Å²) in [6, 6.07) is 10.3. The van der Waals surface area contributed by atoms with Gasteiger partial charge in [0.15, 0.2) is 0 Å². The molecule has 2 aliphatic carbocycles. The average Bonchev–Trinajstić information content (AvgIpc) is 3.16. The molecule has 2 aromatic carbocycles. The number of ketones is 1. The van der Waals surface area contributed by atoms with E-state index in [-0.39, 0.29) is 46.8 Å². The van der Waals surface area contributed by atoms with Crippen molar-refractivity contribution in [1.29, 1.82) is 0 Å². The maximum absolute atomic E-state index is 13.5. The molecule has 2 aromatic rings. The van der Waals surface area contributed by atoms with Gasteiger partial charge >= 0.3 is 0 Å². The van der Waals surface area contributed by atoms with Crippen molar-refractivity contribution in [2.45, 2.75) is 53.9 Å². The molecular weight excluding hydrogens is 492 g/mol. The molecule has 8 nitrogen and oxygen atoms in total. The molecule has 0 spiro atoms. The summed E-state index contributed by atoms with van der Waals surface area (Å²) in [4.78, 5) is 25.9. The summed E-state index contributed by atoms with van der Waals surface area (Å²) >= 11 is 0. The molecule has 0 heterocycles. The van der Waals surface area contributed by atoms with Crippen LogP contribution in [0, 0.1) is 23.7 Å². The first-order valence-electron chi connectivity index (χ1n) is 12.8. The molecule has 0 aromatic heterocycles. The minimum atomic E-state index is -3.92. The molecule has 2 saturated carbocycles. The normalized spacial score (nSPS) is 22.1. The Morgan fingerprint density at radius 3 is 2.24 bits per heavy atom. The summed E-state index contributed by atoms with van der Waals surface area (Å²) in [6.45, 7) is 10.1. The summed E-state index contributed by atoms with van der Waals surface area (Å²) in [5.41, 5.74) is 0.650. The highest BCUT2D eigenvalue weighted by Gasteiger charge is 2.65. The summed E-state index contributed by atoms with van der Waals surface area (Å²) < 4.78 is 41.1. The number of rotatable bonds is 10. The van der Waals surface area contributed by atoms with Crippen LogP contribution in [-0.4, -0.2) is 39.1 Å². The molecule has 37 heavy (non-hydrogen) atoms. The van der Waals surface area contributed by atoms with Gasteiger partial charge in [0.1, 0.15) is 17.3 Å². The van der Waals surface area contributed by atoms with Crippen molar-refractivity contribution in [3.05, 3.63) is 47.5 Å². The number of amides is 1. The van der Waals surface area contributed by atoms with Crippen molar-refractivity contribution in [3.63, 3.8) is 0 Å². The van der Waals surface area contributed by atoms with Crippen molar-refractivity contribution in [1.82, 2.24) is 0 Å². The molecule has 0 radical (unpaired) electrons. The largest absolute Gasteiger partial charge is 0.492 e. The number of carbonyl (C=O) groups is 2. The van der Waals surface area contributed by atoms with Gasteiger partial charge in [0.05, 0.1) is 35.8 Å². The van der Waals surface area contributed by atoms with E-state index in [2.05, 4.69) is 10.0 Å². The zero-order valence-electron chi connectivity index (χ0n) is 22.1. The van der Waals surface area contributed by atoms with Crippen LogP contribution in [0.25, 0.3) is 0 Å². The van der Waals surface area contributed by atoms with Gasteiger partial charge in [-0.1, -0.05) is 32.0 Å². The Hall–Kier alpha value is -3.07. The van der Waals surface area contributed by atoms with E-state index in [4.69, 9.17) is 9.47 Å². The first-order valence-corrected chi connectivity index (χ1v) is 14.4. The van der Waals surface area contributed by atoms with Crippen molar-refractivity contribution in [3.8, 4) is 11.5 Å². The molecule has 4 rings (SSSR count). The molecule has 2 bridgehead atoms. The first-order chi connectivity index (χ1) is 17.4. The molecule has 0 saturated heterocycles. The number of benzene rings is 2. The van der Waals surface area contributed by atoms with Gasteiger partial charge in [-0.3, -0.25) is 14.3 Å². The van der Waals surface area contributed by atoms with E-state index in [0.29, 0.717) is 36.4 Å². The van der Waals surface area contributed by atoms with Crippen molar-refractivity contribution < 1.29 is 27.5 Å². The number of anilines is 2. The van der Waals surface area contributed by atoms with E-state index in [9.17, 15) is 18.0 Å². The van der Waals surface area contributed by atoms with Crippen molar-refractivity contribution in [2.75, 3.05) is 29.0 Å². The Bertz CT molecular complexity index is 1320. The number of nitrogens with one attached hydrogen (secondary N) is 2. The fraction of sp³-hybridized carbons (Fsp3) is 0.500. The Labute approximate surface area is 219 Å². The average molecular weight is 529 g/mol. The second-order valence-corrected chi connectivity index (χ2v) is 12.2. The summed E-state index contributed by atoms with van der Waals surface area (Å²) in [5, 5.41) is 2.87. The SMILES string of the molecule is CCOc1cc(NS(=O)(=O)CC23CCC(CC2=O)C3(C)C)c(OCC)cc1NC(=O)c1ccccc1C. The lowest BCUT2D eigenvalue weighted by atomic mass is 9.70. The first kappa shape index (κ1) is 27.0. The van der Waals surface area contributed by atoms with Gasteiger partial charge in [0, 0.05) is 24.1 Å². The minimum absolute atomic E-state index is 0.0356. The molecule has 2 fully saturated rings. The van der Waals surface area contributed by atoms with Crippen LogP contribution in [0.2, 0.25) is 0 Å². The summed E-state index contributed by atoms with van der Waals surface area (Å²) in [5.74, 6) is 0.231. The molecular formula is C28H36N2O6S. The third-order valence-corrected chi connectivity index (χ3v) is 9.56. The predicted octanol–water partition coefficient (Wildman–Crippen LogP) is 5.18. The van der Waals surface area contributed by atoms with Crippen molar-refractivity contribution in [2.24, 2.45) is 16.7 Å². The van der Waals surface area contributed by atoms with Gasteiger partial charge in [-0.15, -0.1) is 0 Å². The Morgan fingerprint density at radius 2 is 1.68 bits per heavy atom. The lowest BCUT2D eigenvalue weighted by Gasteiger charge is -2.36. The maximum Gasteiger partial charge on any atom is 0.256 e. The molecule has 2 N–H and O–H groups in total. The van der Waals surface area contributed by atoms with Gasteiger partial charge in [-0.2, -0.15) is 0 Å². The lowest BCUT2D eigenvalue weighted by Crippen LogP contribution is -2.43. The highest BCUT2D eigenvalue weighted by molar-refractivity contribution is 7.92. The van der Waals surface area contributed by atoms with E-state index >= 15 is 0 Å². The number of sulfonamides is 1. The molecule has 200 valence electrons.